The molecule has 128 valence electrons. The number of H-pyrrole nitrogens is 1. The van der Waals surface area contributed by atoms with Crippen LogP contribution in [0.3, 0.4) is 0 Å². The van der Waals surface area contributed by atoms with Crippen LogP contribution in [0.15, 0.2) is 53.1 Å². The Morgan fingerprint density at radius 1 is 0.923 bits per heavy atom. The molecule has 26 heavy (non-hydrogen) atoms. The van der Waals surface area contributed by atoms with Crippen LogP contribution in [0.1, 0.15) is 0 Å². The van der Waals surface area contributed by atoms with Gasteiger partial charge < -0.3 is 14.0 Å². The summed E-state index contributed by atoms with van der Waals surface area (Å²) < 4.78 is 16.1. The van der Waals surface area contributed by atoms with Crippen molar-refractivity contribution in [3.05, 3.63) is 53.6 Å². The summed E-state index contributed by atoms with van der Waals surface area (Å²) in [6.45, 7) is 0.220. The lowest BCUT2D eigenvalue weighted by molar-refractivity contribution is 0.174. The van der Waals surface area contributed by atoms with E-state index in [1.54, 1.807) is 0 Å². The van der Waals surface area contributed by atoms with Gasteiger partial charge in [0, 0.05) is 16.1 Å². The van der Waals surface area contributed by atoms with E-state index < -0.39 is 0 Å². The zero-order valence-electron chi connectivity index (χ0n) is 13.3. The molecule has 1 aliphatic heterocycles. The second kappa shape index (κ2) is 5.89. The Morgan fingerprint density at radius 2 is 1.73 bits per heavy atom. The highest BCUT2D eigenvalue weighted by molar-refractivity contribution is 6.30. The van der Waals surface area contributed by atoms with E-state index in [9.17, 15) is 0 Å². The van der Waals surface area contributed by atoms with Gasteiger partial charge in [-0.25, -0.2) is 0 Å². The molecule has 1 N–H and O–H groups in total. The van der Waals surface area contributed by atoms with Crippen molar-refractivity contribution < 1.29 is 14.0 Å². The summed E-state index contributed by atoms with van der Waals surface area (Å²) in [7, 11) is 0. The first-order valence-electron chi connectivity index (χ1n) is 7.82. The number of nitrogens with one attached hydrogen (secondary N) is 1. The maximum absolute atomic E-state index is 5.92. The maximum atomic E-state index is 5.92. The molecule has 2 aromatic carbocycles. The van der Waals surface area contributed by atoms with Crippen LogP contribution in [-0.4, -0.2) is 27.1 Å². The van der Waals surface area contributed by atoms with E-state index in [1.807, 2.05) is 48.5 Å². The van der Waals surface area contributed by atoms with E-state index in [1.165, 1.54) is 0 Å². The molecular formula is C18H11ClN4O3. The monoisotopic (exact) mass is 366 g/mol. The number of ether oxygens (including phenoxy) is 2. The predicted octanol–water partition coefficient (Wildman–Crippen LogP) is 4.18. The van der Waals surface area contributed by atoms with E-state index in [4.69, 9.17) is 25.6 Å². The van der Waals surface area contributed by atoms with E-state index >= 15 is 0 Å². The largest absolute Gasteiger partial charge is 0.454 e. The second-order valence-corrected chi connectivity index (χ2v) is 6.10. The lowest BCUT2D eigenvalue weighted by atomic mass is 10.1. The van der Waals surface area contributed by atoms with Gasteiger partial charge >= 0.3 is 0 Å². The van der Waals surface area contributed by atoms with Gasteiger partial charge in [0.1, 0.15) is 5.69 Å². The predicted molar refractivity (Wildman–Crippen MR) is 93.9 cm³/mol. The molecule has 1 aliphatic rings. The topological polar surface area (TPSA) is 86.1 Å². The molecule has 0 atom stereocenters. The van der Waals surface area contributed by atoms with Gasteiger partial charge in [0.15, 0.2) is 11.5 Å². The fraction of sp³-hybridized carbons (Fsp3) is 0.0556. The fourth-order valence-electron chi connectivity index (χ4n) is 2.69. The summed E-state index contributed by atoms with van der Waals surface area (Å²) in [5, 5.41) is 11.9. The third kappa shape index (κ3) is 2.58. The van der Waals surface area contributed by atoms with Crippen LogP contribution in [0.25, 0.3) is 34.2 Å². The molecule has 0 fully saturated rings. The highest BCUT2D eigenvalue weighted by Gasteiger charge is 2.18. The third-order valence-corrected chi connectivity index (χ3v) is 4.26. The number of halogens is 1. The minimum absolute atomic E-state index is 0.220. The molecule has 0 amide bonds. The Balaban J connectivity index is 1.44. The molecular weight excluding hydrogens is 356 g/mol. The van der Waals surface area contributed by atoms with Crippen molar-refractivity contribution in [2.45, 2.75) is 0 Å². The number of hydrogen-bond donors (Lipinski definition) is 1. The van der Waals surface area contributed by atoms with Crippen molar-refractivity contribution in [2.75, 3.05) is 6.79 Å². The zero-order valence-corrected chi connectivity index (χ0v) is 14.0. The summed E-state index contributed by atoms with van der Waals surface area (Å²) in [6, 6.07) is 14.8. The maximum Gasteiger partial charge on any atom is 0.276 e. The molecule has 3 heterocycles. The summed E-state index contributed by atoms with van der Waals surface area (Å²) in [4.78, 5) is 4.43. The van der Waals surface area contributed by atoms with Gasteiger partial charge in [0.2, 0.25) is 12.6 Å². The Morgan fingerprint density at radius 3 is 2.62 bits per heavy atom. The molecule has 2 aromatic heterocycles. The summed E-state index contributed by atoms with van der Waals surface area (Å²) in [5.41, 5.74) is 3.11. The average Bonchev–Trinajstić information content (AvgIpc) is 3.40. The molecule has 0 radical (unpaired) electrons. The van der Waals surface area contributed by atoms with Crippen molar-refractivity contribution >= 4 is 11.6 Å². The highest BCUT2D eigenvalue weighted by atomic mass is 35.5. The Bertz CT molecular complexity index is 1090. The Labute approximate surface area is 152 Å². The Kier molecular flexibility index (Phi) is 3.39. The van der Waals surface area contributed by atoms with Crippen LogP contribution in [0, 0.1) is 0 Å². The normalized spacial score (nSPS) is 12.5. The van der Waals surface area contributed by atoms with Crippen LogP contribution in [-0.2, 0) is 0 Å². The molecule has 0 saturated heterocycles. The average molecular weight is 367 g/mol. The molecule has 8 heteroatoms. The molecule has 0 unspecified atom stereocenters. The van der Waals surface area contributed by atoms with Gasteiger partial charge in [-0.1, -0.05) is 28.9 Å². The first-order chi connectivity index (χ1) is 12.8. The van der Waals surface area contributed by atoms with Gasteiger partial charge in [-0.15, -0.1) is 0 Å². The second-order valence-electron chi connectivity index (χ2n) is 5.66. The number of fused-ring (bicyclic) bond motifs is 1. The SMILES string of the molecule is Clc1ccc(-c2cc(-c3nc(-c4ccc5c(c4)OCO5)no3)[nH]n2)cc1. The van der Waals surface area contributed by atoms with Crippen LogP contribution < -0.4 is 9.47 Å². The van der Waals surface area contributed by atoms with E-state index in [2.05, 4.69) is 20.3 Å². The molecule has 0 aliphatic carbocycles. The number of nitrogens with zero attached hydrogens (tertiary/aromatic N) is 3. The van der Waals surface area contributed by atoms with Crippen LogP contribution >= 0.6 is 11.6 Å². The van der Waals surface area contributed by atoms with Gasteiger partial charge in [-0.3, -0.25) is 5.10 Å². The van der Waals surface area contributed by atoms with Gasteiger partial charge in [-0.05, 0) is 36.4 Å². The minimum Gasteiger partial charge on any atom is -0.454 e. The van der Waals surface area contributed by atoms with Gasteiger partial charge in [0.05, 0.1) is 5.69 Å². The van der Waals surface area contributed by atoms with Crippen LogP contribution in [0.2, 0.25) is 5.02 Å². The van der Waals surface area contributed by atoms with Gasteiger partial charge in [0.25, 0.3) is 5.89 Å². The molecule has 5 rings (SSSR count). The third-order valence-electron chi connectivity index (χ3n) is 4.01. The van der Waals surface area contributed by atoms with Crippen LogP contribution in [0.5, 0.6) is 11.5 Å². The van der Waals surface area contributed by atoms with Crippen molar-refractivity contribution in [1.29, 1.82) is 0 Å². The molecule has 4 aromatic rings. The highest BCUT2D eigenvalue weighted by Crippen LogP contribution is 2.35. The van der Waals surface area contributed by atoms with E-state index in [0.29, 0.717) is 33.9 Å². The quantitative estimate of drug-likeness (QED) is 0.585. The number of rotatable bonds is 3. The standard InChI is InChI=1S/C18H11ClN4O3/c19-12-4-1-10(2-5-12)13-8-14(22-21-13)18-20-17(23-26-18)11-3-6-15-16(7-11)25-9-24-15/h1-8H,9H2,(H,21,22). The van der Waals surface area contributed by atoms with Crippen molar-refractivity contribution in [3.8, 4) is 45.7 Å². The number of benzene rings is 2. The summed E-state index contributed by atoms with van der Waals surface area (Å²) in [6.07, 6.45) is 0. The van der Waals surface area contributed by atoms with E-state index in [-0.39, 0.29) is 6.79 Å². The van der Waals surface area contributed by atoms with Crippen molar-refractivity contribution in [2.24, 2.45) is 0 Å². The van der Waals surface area contributed by atoms with Crippen molar-refractivity contribution in [3.63, 3.8) is 0 Å². The zero-order chi connectivity index (χ0) is 17.5. The number of hydrogen-bond acceptors (Lipinski definition) is 6. The lowest BCUT2D eigenvalue weighted by Gasteiger charge is -1.97. The fourth-order valence-corrected chi connectivity index (χ4v) is 2.81. The minimum atomic E-state index is 0.220. The first-order valence-corrected chi connectivity index (χ1v) is 8.19. The molecule has 7 nitrogen and oxygen atoms in total. The summed E-state index contributed by atoms with van der Waals surface area (Å²) >= 11 is 5.92. The number of aromatic amines is 1. The van der Waals surface area contributed by atoms with Crippen molar-refractivity contribution in [1.82, 2.24) is 20.3 Å². The Hall–Kier alpha value is -3.32. The summed E-state index contributed by atoms with van der Waals surface area (Å²) in [5.74, 6) is 2.19. The van der Waals surface area contributed by atoms with Gasteiger partial charge in [-0.2, -0.15) is 10.1 Å². The first kappa shape index (κ1) is 15.0. The van der Waals surface area contributed by atoms with Crippen LogP contribution in [0.4, 0.5) is 0 Å². The molecule has 0 spiro atoms. The lowest BCUT2D eigenvalue weighted by Crippen LogP contribution is -1.92. The number of aromatic nitrogens is 4. The molecule has 0 bridgehead atoms. The molecule has 0 saturated carbocycles. The smallest absolute Gasteiger partial charge is 0.276 e. The van der Waals surface area contributed by atoms with E-state index in [0.717, 1.165) is 16.8 Å².